The minimum absolute atomic E-state index is 0.537. The molecule has 2 fully saturated rings. The Balaban J connectivity index is 1.63. The number of hydrogen-bond acceptors (Lipinski definition) is 4. The molecule has 2 heterocycles. The van der Waals surface area contributed by atoms with E-state index < -0.39 is 0 Å². The first-order valence-corrected chi connectivity index (χ1v) is 10.1. The molecule has 1 saturated carbocycles. The minimum atomic E-state index is 0.537. The molecule has 7 nitrogen and oxygen atoms in total. The maximum atomic E-state index is 5.45. The number of hydrogen-bond donors (Lipinski definition) is 1. The van der Waals surface area contributed by atoms with E-state index in [2.05, 4.69) is 20.4 Å². The zero-order valence-corrected chi connectivity index (χ0v) is 16.6. The van der Waals surface area contributed by atoms with Gasteiger partial charge in [0, 0.05) is 39.9 Å². The topological polar surface area (TPSA) is 67.6 Å². The number of aryl methyl sites for hydroxylation is 1. The summed E-state index contributed by atoms with van der Waals surface area (Å²) in [7, 11) is 2.00. The molecule has 7 heteroatoms. The van der Waals surface area contributed by atoms with Gasteiger partial charge in [-0.1, -0.05) is 12.8 Å². The number of guanidine groups is 1. The molecule has 1 aliphatic carbocycles. The minimum Gasteiger partial charge on any atom is -0.382 e. The fraction of sp³-hybridized carbons (Fsp3) is 0.842. The summed E-state index contributed by atoms with van der Waals surface area (Å²) in [5, 5.41) is 11.9. The van der Waals surface area contributed by atoms with Crippen molar-refractivity contribution in [3.8, 4) is 0 Å². The number of rotatable bonds is 7. The average molecular weight is 363 g/mol. The number of nitrogens with zero attached hydrogens (tertiary/aromatic N) is 5. The molecule has 0 aromatic carbocycles. The van der Waals surface area contributed by atoms with Crippen molar-refractivity contribution < 1.29 is 4.74 Å². The molecule has 0 amide bonds. The molecule has 0 bridgehead atoms. The van der Waals surface area contributed by atoms with E-state index in [1.54, 1.807) is 0 Å². The van der Waals surface area contributed by atoms with Crippen molar-refractivity contribution >= 4 is 5.96 Å². The summed E-state index contributed by atoms with van der Waals surface area (Å²) < 4.78 is 7.46. The molecule has 1 N–H and O–H groups in total. The predicted octanol–water partition coefficient (Wildman–Crippen LogP) is 2.26. The lowest BCUT2D eigenvalue weighted by Gasteiger charge is -2.26. The number of nitrogens with one attached hydrogen (secondary N) is 1. The van der Waals surface area contributed by atoms with E-state index in [9.17, 15) is 0 Å². The number of likely N-dealkylation sites (tertiary alicyclic amines) is 1. The van der Waals surface area contributed by atoms with Crippen LogP contribution in [0.1, 0.15) is 57.1 Å². The molecule has 3 rings (SSSR count). The molecule has 146 valence electrons. The maximum absolute atomic E-state index is 5.45. The summed E-state index contributed by atoms with van der Waals surface area (Å²) >= 11 is 0. The summed E-state index contributed by atoms with van der Waals surface area (Å²) in [6, 6.07) is 0. The highest BCUT2D eigenvalue weighted by molar-refractivity contribution is 5.80. The average Bonchev–Trinajstić information content (AvgIpc) is 3.35. The zero-order valence-electron chi connectivity index (χ0n) is 16.6. The monoisotopic (exact) mass is 362 g/mol. The summed E-state index contributed by atoms with van der Waals surface area (Å²) in [6.07, 6.45) is 7.83. The summed E-state index contributed by atoms with van der Waals surface area (Å²) in [4.78, 5) is 7.34. The molecular formula is C19H34N6O. The van der Waals surface area contributed by atoms with Crippen LogP contribution >= 0.6 is 0 Å². The maximum Gasteiger partial charge on any atom is 0.194 e. The van der Waals surface area contributed by atoms with Crippen molar-refractivity contribution in [2.75, 3.05) is 32.8 Å². The van der Waals surface area contributed by atoms with Gasteiger partial charge < -0.3 is 19.5 Å². The van der Waals surface area contributed by atoms with E-state index in [0.717, 1.165) is 56.9 Å². The van der Waals surface area contributed by atoms with Crippen molar-refractivity contribution in [2.24, 2.45) is 17.5 Å². The smallest absolute Gasteiger partial charge is 0.194 e. The fourth-order valence-electron chi connectivity index (χ4n) is 4.17. The molecule has 26 heavy (non-hydrogen) atoms. The van der Waals surface area contributed by atoms with Crippen LogP contribution in [0.15, 0.2) is 4.99 Å². The van der Waals surface area contributed by atoms with Crippen LogP contribution in [-0.2, 0) is 18.3 Å². The van der Waals surface area contributed by atoms with Crippen molar-refractivity contribution in [2.45, 2.75) is 58.9 Å². The number of ether oxygens (including phenoxy) is 1. The van der Waals surface area contributed by atoms with Gasteiger partial charge in [0.2, 0.25) is 0 Å². The van der Waals surface area contributed by atoms with Gasteiger partial charge in [-0.25, -0.2) is 4.99 Å². The van der Waals surface area contributed by atoms with Gasteiger partial charge >= 0.3 is 0 Å². The highest BCUT2D eigenvalue weighted by Crippen LogP contribution is 2.45. The molecule has 2 aliphatic rings. The molecule has 1 aliphatic heterocycles. The van der Waals surface area contributed by atoms with Crippen molar-refractivity contribution in [3.63, 3.8) is 0 Å². The largest absolute Gasteiger partial charge is 0.382 e. The van der Waals surface area contributed by atoms with Crippen molar-refractivity contribution in [1.29, 1.82) is 0 Å². The van der Waals surface area contributed by atoms with Crippen LogP contribution < -0.4 is 5.32 Å². The first kappa shape index (κ1) is 19.1. The Bertz CT molecular complexity index is 605. The fourth-order valence-corrected chi connectivity index (χ4v) is 4.17. The van der Waals surface area contributed by atoms with Gasteiger partial charge in [0.05, 0.1) is 0 Å². The van der Waals surface area contributed by atoms with E-state index in [0.29, 0.717) is 12.0 Å². The highest BCUT2D eigenvalue weighted by atomic mass is 16.5. The first-order valence-electron chi connectivity index (χ1n) is 10.1. The third-order valence-corrected chi connectivity index (χ3v) is 5.91. The van der Waals surface area contributed by atoms with Gasteiger partial charge in [0.25, 0.3) is 0 Å². The molecule has 1 aromatic heterocycles. The molecule has 0 atom stereocenters. The summed E-state index contributed by atoms with van der Waals surface area (Å²) in [5.74, 6) is 2.85. The molecule has 0 radical (unpaired) electrons. The second-order valence-corrected chi connectivity index (χ2v) is 7.72. The lowest BCUT2D eigenvalue weighted by molar-refractivity contribution is 0.145. The van der Waals surface area contributed by atoms with E-state index in [-0.39, 0.29) is 0 Å². The van der Waals surface area contributed by atoms with Crippen LogP contribution in [0, 0.1) is 12.3 Å². The Morgan fingerprint density at radius 3 is 2.77 bits per heavy atom. The van der Waals surface area contributed by atoms with Crippen molar-refractivity contribution in [1.82, 2.24) is 25.0 Å². The lowest BCUT2D eigenvalue weighted by atomic mass is 9.86. The van der Waals surface area contributed by atoms with Crippen LogP contribution in [-0.4, -0.2) is 58.5 Å². The van der Waals surface area contributed by atoms with Crippen LogP contribution in [0.4, 0.5) is 0 Å². The van der Waals surface area contributed by atoms with Crippen LogP contribution in [0.3, 0.4) is 0 Å². The van der Waals surface area contributed by atoms with Crippen LogP contribution in [0.5, 0.6) is 0 Å². The molecule has 1 saturated heterocycles. The van der Waals surface area contributed by atoms with Crippen LogP contribution in [0.25, 0.3) is 0 Å². The molecule has 1 spiro atoms. The molecular weight excluding hydrogens is 328 g/mol. The molecule has 1 aromatic rings. The van der Waals surface area contributed by atoms with Gasteiger partial charge in [-0.15, -0.1) is 10.2 Å². The Kier molecular flexibility index (Phi) is 6.51. The Hall–Kier alpha value is -1.63. The SMILES string of the molecule is CCOCCCNC(=NCc1nnc(C)n1C)N1CCC2(CCCC2)C1. The van der Waals surface area contributed by atoms with Crippen LogP contribution in [0.2, 0.25) is 0 Å². The third-order valence-electron chi connectivity index (χ3n) is 5.91. The Morgan fingerprint density at radius 2 is 2.08 bits per heavy atom. The second-order valence-electron chi connectivity index (χ2n) is 7.72. The first-order chi connectivity index (χ1) is 12.6. The summed E-state index contributed by atoms with van der Waals surface area (Å²) in [5.41, 5.74) is 0.537. The lowest BCUT2D eigenvalue weighted by Crippen LogP contribution is -2.41. The molecule has 0 unspecified atom stereocenters. The number of aromatic nitrogens is 3. The third kappa shape index (κ3) is 4.55. The van der Waals surface area contributed by atoms with Gasteiger partial charge in [0.1, 0.15) is 12.4 Å². The Labute approximate surface area is 157 Å². The van der Waals surface area contributed by atoms with Gasteiger partial charge in [-0.05, 0) is 44.9 Å². The van der Waals surface area contributed by atoms with E-state index >= 15 is 0 Å². The highest BCUT2D eigenvalue weighted by Gasteiger charge is 2.41. The van der Waals surface area contributed by atoms with Gasteiger partial charge in [-0.3, -0.25) is 0 Å². The quantitative estimate of drug-likeness (QED) is 0.458. The Morgan fingerprint density at radius 1 is 1.27 bits per heavy atom. The van der Waals surface area contributed by atoms with E-state index in [1.807, 2.05) is 25.5 Å². The number of aliphatic imine (C=N–C) groups is 1. The van der Waals surface area contributed by atoms with Crippen molar-refractivity contribution in [3.05, 3.63) is 11.6 Å². The van der Waals surface area contributed by atoms with E-state index in [4.69, 9.17) is 9.73 Å². The second kappa shape index (κ2) is 8.84. The van der Waals surface area contributed by atoms with Gasteiger partial charge in [-0.2, -0.15) is 0 Å². The predicted molar refractivity (Wildman–Crippen MR) is 103 cm³/mol. The standard InChI is InChI=1S/C19H34N6O/c1-4-26-13-7-11-20-18(21-14-17-23-22-16(2)24(17)3)25-12-10-19(15-25)8-5-6-9-19/h4-15H2,1-3H3,(H,20,21). The normalized spacial score (nSPS) is 19.7. The van der Waals surface area contributed by atoms with E-state index in [1.165, 1.54) is 32.1 Å². The van der Waals surface area contributed by atoms with Gasteiger partial charge in [0.15, 0.2) is 11.8 Å². The summed E-state index contributed by atoms with van der Waals surface area (Å²) in [6.45, 7) is 9.28. The zero-order chi connectivity index (χ0) is 18.4.